The van der Waals surface area contributed by atoms with Gasteiger partial charge in [-0.2, -0.15) is 0 Å². The number of hydrogen-bond acceptors (Lipinski definition) is 1. The third-order valence-electron chi connectivity index (χ3n) is 4.96. The molecule has 0 bridgehead atoms. The zero-order valence-corrected chi connectivity index (χ0v) is 13.8. The van der Waals surface area contributed by atoms with Gasteiger partial charge in [0, 0.05) is 45.7 Å². The van der Waals surface area contributed by atoms with Crippen LogP contribution in [0.25, 0.3) is 33.5 Å². The second-order valence-electron chi connectivity index (χ2n) is 6.41. The lowest BCUT2D eigenvalue weighted by Crippen LogP contribution is -2.03. The van der Waals surface area contributed by atoms with Crippen molar-refractivity contribution in [1.29, 1.82) is 0 Å². The van der Waals surface area contributed by atoms with Crippen LogP contribution in [0, 0.1) is 0 Å². The lowest BCUT2D eigenvalue weighted by Gasteiger charge is -2.01. The van der Waals surface area contributed by atoms with Gasteiger partial charge in [-0.3, -0.25) is 4.79 Å². The summed E-state index contributed by atoms with van der Waals surface area (Å²) in [6.45, 7) is 0. The number of amides is 1. The average molecular weight is 324 g/mol. The standard InChI is InChI=1S/C22H16N2O/c1-24-20-9-5-3-7-16(20)17-12-14(10-11-21(17)24)13-18-15-6-2-4-8-19(15)23-22(18)25/h2-13H,1H3,(H,23,25)/b18-13-. The maximum atomic E-state index is 12.3. The van der Waals surface area contributed by atoms with Crippen molar-refractivity contribution < 1.29 is 4.79 Å². The molecule has 3 nitrogen and oxygen atoms in total. The predicted molar refractivity (Wildman–Crippen MR) is 103 cm³/mol. The molecule has 4 aromatic rings. The molecule has 3 aromatic carbocycles. The van der Waals surface area contributed by atoms with Crippen LogP contribution in [0.1, 0.15) is 11.1 Å². The van der Waals surface area contributed by atoms with E-state index in [1.54, 1.807) is 0 Å². The second-order valence-corrected chi connectivity index (χ2v) is 6.41. The number of fused-ring (bicyclic) bond motifs is 4. The van der Waals surface area contributed by atoms with Gasteiger partial charge < -0.3 is 9.88 Å². The van der Waals surface area contributed by atoms with Crippen LogP contribution in [0.4, 0.5) is 5.69 Å². The fourth-order valence-corrected chi connectivity index (χ4v) is 3.72. The second kappa shape index (κ2) is 5.08. The van der Waals surface area contributed by atoms with Crippen molar-refractivity contribution in [3.05, 3.63) is 77.9 Å². The minimum atomic E-state index is -0.0424. The Morgan fingerprint density at radius 1 is 0.880 bits per heavy atom. The Hall–Kier alpha value is -3.33. The minimum Gasteiger partial charge on any atom is -0.344 e. The van der Waals surface area contributed by atoms with E-state index in [4.69, 9.17) is 0 Å². The summed E-state index contributed by atoms with van der Waals surface area (Å²) in [7, 11) is 2.09. The Morgan fingerprint density at radius 2 is 1.64 bits per heavy atom. The topological polar surface area (TPSA) is 34.0 Å². The molecular weight excluding hydrogens is 308 g/mol. The van der Waals surface area contributed by atoms with E-state index >= 15 is 0 Å². The maximum Gasteiger partial charge on any atom is 0.256 e. The first-order valence-electron chi connectivity index (χ1n) is 8.32. The zero-order valence-electron chi connectivity index (χ0n) is 13.8. The van der Waals surface area contributed by atoms with Crippen LogP contribution in [0.3, 0.4) is 0 Å². The molecular formula is C22H16N2O. The first kappa shape index (κ1) is 14.1. The van der Waals surface area contributed by atoms with Gasteiger partial charge in [-0.15, -0.1) is 0 Å². The predicted octanol–water partition coefficient (Wildman–Crippen LogP) is 4.82. The molecule has 0 fully saturated rings. The van der Waals surface area contributed by atoms with Crippen LogP contribution in [0.5, 0.6) is 0 Å². The number of hydrogen-bond donors (Lipinski definition) is 1. The SMILES string of the molecule is Cn1c2ccccc2c2cc(/C=C3\C(=O)Nc4ccccc43)ccc21. The quantitative estimate of drug-likeness (QED) is 0.500. The lowest BCUT2D eigenvalue weighted by atomic mass is 10.0. The first-order valence-corrected chi connectivity index (χ1v) is 8.32. The molecule has 120 valence electrons. The van der Waals surface area contributed by atoms with Gasteiger partial charge in [0.2, 0.25) is 0 Å². The number of carbonyl (C=O) groups is 1. The summed E-state index contributed by atoms with van der Waals surface area (Å²) in [5, 5.41) is 5.37. The van der Waals surface area contributed by atoms with Gasteiger partial charge >= 0.3 is 0 Å². The molecule has 0 unspecified atom stereocenters. The summed E-state index contributed by atoms with van der Waals surface area (Å²) < 4.78 is 2.21. The summed E-state index contributed by atoms with van der Waals surface area (Å²) >= 11 is 0. The molecule has 1 aliphatic heterocycles. The van der Waals surface area contributed by atoms with Gasteiger partial charge in [-0.05, 0) is 35.9 Å². The normalized spacial score (nSPS) is 15.1. The maximum absolute atomic E-state index is 12.3. The number of anilines is 1. The summed E-state index contributed by atoms with van der Waals surface area (Å²) in [5.41, 5.74) is 6.00. The van der Waals surface area contributed by atoms with Gasteiger partial charge in [-0.1, -0.05) is 42.5 Å². The van der Waals surface area contributed by atoms with E-state index in [-0.39, 0.29) is 5.91 Å². The van der Waals surface area contributed by atoms with Crippen molar-refractivity contribution >= 4 is 45.0 Å². The number of aryl methyl sites for hydroxylation is 1. The highest BCUT2D eigenvalue weighted by Crippen LogP contribution is 2.34. The molecule has 0 atom stereocenters. The van der Waals surface area contributed by atoms with Crippen molar-refractivity contribution in [3.8, 4) is 0 Å². The van der Waals surface area contributed by atoms with E-state index < -0.39 is 0 Å². The third-order valence-corrected chi connectivity index (χ3v) is 4.96. The molecule has 0 saturated carbocycles. The summed E-state index contributed by atoms with van der Waals surface area (Å²) in [6.07, 6.45) is 1.97. The van der Waals surface area contributed by atoms with Crippen LogP contribution in [-0.4, -0.2) is 10.5 Å². The van der Waals surface area contributed by atoms with E-state index in [1.165, 1.54) is 21.8 Å². The first-order chi connectivity index (χ1) is 12.2. The van der Waals surface area contributed by atoms with E-state index in [2.05, 4.69) is 59.4 Å². The smallest absolute Gasteiger partial charge is 0.256 e. The van der Waals surface area contributed by atoms with Crippen molar-refractivity contribution in [2.24, 2.45) is 7.05 Å². The van der Waals surface area contributed by atoms with Crippen LogP contribution in [0.15, 0.2) is 66.7 Å². The number of para-hydroxylation sites is 2. The summed E-state index contributed by atoms with van der Waals surface area (Å²) in [6, 6.07) is 22.6. The van der Waals surface area contributed by atoms with Crippen LogP contribution in [-0.2, 0) is 11.8 Å². The number of aromatic nitrogens is 1. The van der Waals surface area contributed by atoms with Gasteiger partial charge in [0.05, 0.1) is 0 Å². The van der Waals surface area contributed by atoms with Crippen molar-refractivity contribution in [3.63, 3.8) is 0 Å². The Kier molecular flexibility index (Phi) is 2.86. The van der Waals surface area contributed by atoms with E-state index in [0.29, 0.717) is 0 Å². The minimum absolute atomic E-state index is 0.0424. The molecule has 5 rings (SSSR count). The summed E-state index contributed by atoms with van der Waals surface area (Å²) in [4.78, 5) is 12.3. The number of rotatable bonds is 1. The summed E-state index contributed by atoms with van der Waals surface area (Å²) in [5.74, 6) is -0.0424. The Balaban J connectivity index is 1.72. The van der Waals surface area contributed by atoms with Gasteiger partial charge in [0.15, 0.2) is 0 Å². The number of benzene rings is 3. The molecule has 3 heteroatoms. The fraction of sp³-hybridized carbons (Fsp3) is 0.0455. The molecule has 0 aliphatic carbocycles. The number of nitrogens with zero attached hydrogens (tertiary/aromatic N) is 1. The fourth-order valence-electron chi connectivity index (χ4n) is 3.72. The van der Waals surface area contributed by atoms with Gasteiger partial charge in [0.25, 0.3) is 5.91 Å². The number of carbonyl (C=O) groups excluding carboxylic acids is 1. The number of nitrogens with one attached hydrogen (secondary N) is 1. The van der Waals surface area contributed by atoms with Crippen LogP contribution in [0.2, 0.25) is 0 Å². The molecule has 0 spiro atoms. The largest absolute Gasteiger partial charge is 0.344 e. The van der Waals surface area contributed by atoms with E-state index in [0.717, 1.165) is 22.4 Å². The van der Waals surface area contributed by atoms with Gasteiger partial charge in [-0.25, -0.2) is 0 Å². The highest BCUT2D eigenvalue weighted by atomic mass is 16.2. The lowest BCUT2D eigenvalue weighted by molar-refractivity contribution is -0.110. The Labute approximate surface area is 145 Å². The van der Waals surface area contributed by atoms with Crippen LogP contribution >= 0.6 is 0 Å². The third kappa shape index (κ3) is 2.02. The van der Waals surface area contributed by atoms with E-state index in [1.807, 2.05) is 30.3 Å². The van der Waals surface area contributed by atoms with Crippen molar-refractivity contribution in [1.82, 2.24) is 4.57 Å². The van der Waals surface area contributed by atoms with Crippen molar-refractivity contribution in [2.75, 3.05) is 5.32 Å². The highest BCUT2D eigenvalue weighted by Gasteiger charge is 2.23. The van der Waals surface area contributed by atoms with Crippen molar-refractivity contribution in [2.45, 2.75) is 0 Å². The molecule has 1 N–H and O–H groups in total. The van der Waals surface area contributed by atoms with E-state index in [9.17, 15) is 4.79 Å². The average Bonchev–Trinajstić information content (AvgIpc) is 3.11. The molecule has 1 amide bonds. The molecule has 0 radical (unpaired) electrons. The Morgan fingerprint density at radius 3 is 2.56 bits per heavy atom. The Bertz CT molecular complexity index is 1200. The van der Waals surface area contributed by atoms with Gasteiger partial charge in [0.1, 0.15) is 0 Å². The molecule has 25 heavy (non-hydrogen) atoms. The highest BCUT2D eigenvalue weighted by molar-refractivity contribution is 6.35. The molecule has 0 saturated heterocycles. The zero-order chi connectivity index (χ0) is 17.0. The monoisotopic (exact) mass is 324 g/mol. The molecule has 1 aliphatic rings. The molecule has 1 aromatic heterocycles. The van der Waals surface area contributed by atoms with Crippen LogP contribution < -0.4 is 5.32 Å². The molecule has 2 heterocycles.